The third kappa shape index (κ3) is 2.41. The molecule has 0 amide bonds. The quantitative estimate of drug-likeness (QED) is 0.744. The molecule has 1 aliphatic rings. The minimum Gasteiger partial charge on any atom is -0.338 e. The molecule has 0 aromatic carbocycles. The van der Waals surface area contributed by atoms with Crippen molar-refractivity contribution in [3.63, 3.8) is 0 Å². The van der Waals surface area contributed by atoms with Crippen LogP contribution < -0.4 is 10.2 Å². The molecule has 4 nitrogen and oxygen atoms in total. The summed E-state index contributed by atoms with van der Waals surface area (Å²) in [5, 5.41) is 3.42. The van der Waals surface area contributed by atoms with E-state index in [0.717, 1.165) is 13.1 Å². The molecule has 1 N–H and O–H groups in total. The number of aromatic nitrogens is 2. The molecular formula is C10H15FN4. The molecule has 0 saturated carbocycles. The van der Waals surface area contributed by atoms with Gasteiger partial charge in [-0.3, -0.25) is 0 Å². The van der Waals surface area contributed by atoms with Crippen molar-refractivity contribution in [3.05, 3.63) is 18.2 Å². The van der Waals surface area contributed by atoms with E-state index in [0.29, 0.717) is 18.0 Å². The van der Waals surface area contributed by atoms with Crippen LogP contribution in [0.3, 0.4) is 0 Å². The number of hydrogen-bond acceptors (Lipinski definition) is 4. The standard InChI is InChI=1S/C10H15FN4/c1-7-5-15(6-8(2)14-7)10-12-3-9(11)4-13-10/h3-4,7-8,14H,5-6H2,1-2H3. The second-order valence-electron chi connectivity index (χ2n) is 4.08. The lowest BCUT2D eigenvalue weighted by Crippen LogP contribution is -2.54. The first-order chi connectivity index (χ1) is 7.15. The number of nitrogens with zero attached hydrogens (tertiary/aromatic N) is 3. The van der Waals surface area contributed by atoms with Gasteiger partial charge in [0.15, 0.2) is 5.82 Å². The van der Waals surface area contributed by atoms with E-state index in [9.17, 15) is 4.39 Å². The van der Waals surface area contributed by atoms with Gasteiger partial charge >= 0.3 is 0 Å². The van der Waals surface area contributed by atoms with E-state index in [1.54, 1.807) is 0 Å². The Bertz CT molecular complexity index is 317. The average molecular weight is 210 g/mol. The topological polar surface area (TPSA) is 41.1 Å². The number of hydrogen-bond donors (Lipinski definition) is 1. The fraction of sp³-hybridized carbons (Fsp3) is 0.600. The van der Waals surface area contributed by atoms with E-state index < -0.39 is 5.82 Å². The molecule has 2 unspecified atom stereocenters. The summed E-state index contributed by atoms with van der Waals surface area (Å²) in [7, 11) is 0. The summed E-state index contributed by atoms with van der Waals surface area (Å²) >= 11 is 0. The minimum absolute atomic E-state index is 0.394. The van der Waals surface area contributed by atoms with Crippen LogP contribution in [0.5, 0.6) is 0 Å². The van der Waals surface area contributed by atoms with Crippen LogP contribution in [0.2, 0.25) is 0 Å². The lowest BCUT2D eigenvalue weighted by molar-refractivity contribution is 0.403. The van der Waals surface area contributed by atoms with E-state index in [-0.39, 0.29) is 0 Å². The Morgan fingerprint density at radius 2 is 1.80 bits per heavy atom. The van der Waals surface area contributed by atoms with E-state index in [4.69, 9.17) is 0 Å². The number of halogens is 1. The molecular weight excluding hydrogens is 195 g/mol. The summed E-state index contributed by atoms with van der Waals surface area (Å²) in [6.07, 6.45) is 2.42. The molecule has 2 heterocycles. The van der Waals surface area contributed by atoms with Crippen molar-refractivity contribution in [3.8, 4) is 0 Å². The van der Waals surface area contributed by atoms with Gasteiger partial charge in [0.2, 0.25) is 5.95 Å². The zero-order valence-electron chi connectivity index (χ0n) is 8.94. The van der Waals surface area contributed by atoms with E-state index in [2.05, 4.69) is 34.0 Å². The molecule has 1 fully saturated rings. The van der Waals surface area contributed by atoms with E-state index >= 15 is 0 Å². The largest absolute Gasteiger partial charge is 0.338 e. The smallest absolute Gasteiger partial charge is 0.225 e. The normalized spacial score (nSPS) is 26.7. The van der Waals surface area contributed by atoms with Gasteiger partial charge in [-0.25, -0.2) is 14.4 Å². The fourth-order valence-electron chi connectivity index (χ4n) is 1.96. The highest BCUT2D eigenvalue weighted by atomic mass is 19.1. The van der Waals surface area contributed by atoms with Gasteiger partial charge in [-0.1, -0.05) is 0 Å². The highest BCUT2D eigenvalue weighted by molar-refractivity contribution is 5.30. The zero-order valence-corrected chi connectivity index (χ0v) is 8.94. The molecule has 1 saturated heterocycles. The minimum atomic E-state index is -0.394. The van der Waals surface area contributed by atoms with Gasteiger partial charge in [-0.2, -0.15) is 0 Å². The Morgan fingerprint density at radius 1 is 1.27 bits per heavy atom. The second-order valence-corrected chi connectivity index (χ2v) is 4.08. The molecule has 0 spiro atoms. The maximum atomic E-state index is 12.7. The Kier molecular flexibility index (Phi) is 2.81. The van der Waals surface area contributed by atoms with Crippen LogP contribution >= 0.6 is 0 Å². The molecule has 0 aliphatic carbocycles. The highest BCUT2D eigenvalue weighted by Gasteiger charge is 2.22. The van der Waals surface area contributed by atoms with Crippen LogP contribution in [0.1, 0.15) is 13.8 Å². The molecule has 1 aliphatic heterocycles. The summed E-state index contributed by atoms with van der Waals surface area (Å²) in [6.45, 7) is 5.95. The number of nitrogens with one attached hydrogen (secondary N) is 1. The van der Waals surface area contributed by atoms with Crippen molar-refractivity contribution in [2.45, 2.75) is 25.9 Å². The Hall–Kier alpha value is -1.23. The van der Waals surface area contributed by atoms with Crippen LogP contribution in [0, 0.1) is 5.82 Å². The Morgan fingerprint density at radius 3 is 2.33 bits per heavy atom. The summed E-state index contributed by atoms with van der Waals surface area (Å²) < 4.78 is 12.7. The lowest BCUT2D eigenvalue weighted by Gasteiger charge is -2.36. The number of piperazine rings is 1. The van der Waals surface area contributed by atoms with Gasteiger partial charge in [0.05, 0.1) is 12.4 Å². The van der Waals surface area contributed by atoms with Gasteiger partial charge in [0, 0.05) is 25.2 Å². The SMILES string of the molecule is CC1CN(c2ncc(F)cn2)CC(C)N1. The predicted molar refractivity (Wildman–Crippen MR) is 56.3 cm³/mol. The molecule has 1 aromatic heterocycles. The second kappa shape index (κ2) is 4.10. The number of anilines is 1. The van der Waals surface area contributed by atoms with Crippen LogP contribution in [0.4, 0.5) is 10.3 Å². The fourth-order valence-corrected chi connectivity index (χ4v) is 1.96. The van der Waals surface area contributed by atoms with Crippen LogP contribution in [0.15, 0.2) is 12.4 Å². The zero-order chi connectivity index (χ0) is 10.8. The third-order valence-corrected chi connectivity index (χ3v) is 2.45. The van der Waals surface area contributed by atoms with Crippen molar-refractivity contribution < 1.29 is 4.39 Å². The Balaban J connectivity index is 2.12. The van der Waals surface area contributed by atoms with Gasteiger partial charge in [-0.15, -0.1) is 0 Å². The monoisotopic (exact) mass is 210 g/mol. The van der Waals surface area contributed by atoms with Crippen LogP contribution in [-0.2, 0) is 0 Å². The van der Waals surface area contributed by atoms with Crippen molar-refractivity contribution in [2.24, 2.45) is 0 Å². The molecule has 2 rings (SSSR count). The first-order valence-electron chi connectivity index (χ1n) is 5.13. The van der Waals surface area contributed by atoms with Crippen LogP contribution in [-0.4, -0.2) is 35.1 Å². The van der Waals surface area contributed by atoms with Crippen molar-refractivity contribution in [1.29, 1.82) is 0 Å². The van der Waals surface area contributed by atoms with E-state index in [1.165, 1.54) is 12.4 Å². The summed E-state index contributed by atoms with van der Waals surface area (Å²) in [6, 6.07) is 0.810. The Labute approximate surface area is 88.5 Å². The molecule has 15 heavy (non-hydrogen) atoms. The molecule has 82 valence electrons. The van der Waals surface area contributed by atoms with Crippen molar-refractivity contribution >= 4 is 5.95 Å². The molecule has 0 bridgehead atoms. The van der Waals surface area contributed by atoms with Gasteiger partial charge in [-0.05, 0) is 13.8 Å². The van der Waals surface area contributed by atoms with Gasteiger partial charge in [0.1, 0.15) is 0 Å². The van der Waals surface area contributed by atoms with E-state index in [1.807, 2.05) is 0 Å². The first-order valence-corrected chi connectivity index (χ1v) is 5.13. The van der Waals surface area contributed by atoms with Crippen molar-refractivity contribution in [1.82, 2.24) is 15.3 Å². The average Bonchev–Trinajstić information content (AvgIpc) is 2.17. The van der Waals surface area contributed by atoms with Gasteiger partial charge in [0.25, 0.3) is 0 Å². The summed E-state index contributed by atoms with van der Waals surface area (Å²) in [4.78, 5) is 10.0. The molecule has 1 aromatic rings. The maximum absolute atomic E-state index is 12.7. The highest BCUT2D eigenvalue weighted by Crippen LogP contribution is 2.11. The van der Waals surface area contributed by atoms with Gasteiger partial charge < -0.3 is 10.2 Å². The maximum Gasteiger partial charge on any atom is 0.225 e. The predicted octanol–water partition coefficient (Wildman–Crippen LogP) is 0.802. The van der Waals surface area contributed by atoms with Crippen LogP contribution in [0.25, 0.3) is 0 Å². The lowest BCUT2D eigenvalue weighted by atomic mass is 10.1. The molecule has 5 heteroatoms. The molecule has 2 atom stereocenters. The summed E-state index contributed by atoms with van der Waals surface area (Å²) in [5.74, 6) is 0.214. The number of rotatable bonds is 1. The first kappa shape index (κ1) is 10.3. The summed E-state index contributed by atoms with van der Waals surface area (Å²) in [5.41, 5.74) is 0. The van der Waals surface area contributed by atoms with Crippen molar-refractivity contribution in [2.75, 3.05) is 18.0 Å². The third-order valence-electron chi connectivity index (χ3n) is 2.45. The molecule has 0 radical (unpaired) electrons.